The lowest BCUT2D eigenvalue weighted by Crippen LogP contribution is -2.46. The van der Waals surface area contributed by atoms with E-state index in [1.54, 1.807) is 20.8 Å². The number of fused-ring (bicyclic) bond motifs is 1. The van der Waals surface area contributed by atoms with Gasteiger partial charge in [0.05, 0.1) is 10.2 Å². The van der Waals surface area contributed by atoms with E-state index in [9.17, 15) is 14.7 Å². The zero-order valence-corrected chi connectivity index (χ0v) is 13.7. The molecule has 22 heavy (non-hydrogen) atoms. The van der Waals surface area contributed by atoms with Crippen molar-refractivity contribution in [2.45, 2.75) is 39.3 Å². The monoisotopic (exact) mass is 322 g/mol. The van der Waals surface area contributed by atoms with Crippen LogP contribution in [0.25, 0.3) is 10.2 Å². The Morgan fingerprint density at radius 1 is 1.32 bits per heavy atom. The highest BCUT2D eigenvalue weighted by atomic mass is 32.1. The minimum Gasteiger partial charge on any atom is -0.480 e. The SMILES string of the molecule is CC(C(=O)O)N(C(=O)OC(C)(C)C)c1nc2ccccc2s1. The highest BCUT2D eigenvalue weighted by Crippen LogP contribution is 2.31. The van der Waals surface area contributed by atoms with Gasteiger partial charge in [0.2, 0.25) is 0 Å². The van der Waals surface area contributed by atoms with E-state index in [0.29, 0.717) is 10.6 Å². The lowest BCUT2D eigenvalue weighted by atomic mass is 10.2. The normalized spacial score (nSPS) is 12.9. The molecule has 7 heteroatoms. The molecule has 1 aromatic heterocycles. The second-order valence-corrected chi connectivity index (χ2v) is 6.84. The first-order chi connectivity index (χ1) is 10.2. The fraction of sp³-hybridized carbons (Fsp3) is 0.400. The van der Waals surface area contributed by atoms with Gasteiger partial charge in [-0.15, -0.1) is 0 Å². The van der Waals surface area contributed by atoms with Gasteiger partial charge in [-0.25, -0.2) is 19.5 Å². The van der Waals surface area contributed by atoms with Crippen LogP contribution in [0.15, 0.2) is 24.3 Å². The number of thiazole rings is 1. The summed E-state index contributed by atoms with van der Waals surface area (Å²) in [5, 5.41) is 9.57. The molecule has 1 heterocycles. The molecule has 0 aliphatic heterocycles. The minimum atomic E-state index is -1.12. The van der Waals surface area contributed by atoms with Crippen LogP contribution in [0.5, 0.6) is 0 Å². The van der Waals surface area contributed by atoms with Gasteiger partial charge in [0.25, 0.3) is 0 Å². The molecule has 1 amide bonds. The predicted molar refractivity (Wildman–Crippen MR) is 85.4 cm³/mol. The van der Waals surface area contributed by atoms with Crippen LogP contribution in [0, 0.1) is 0 Å². The Labute approximate surface area is 132 Å². The maximum absolute atomic E-state index is 12.4. The number of aliphatic carboxylic acids is 1. The van der Waals surface area contributed by atoms with E-state index >= 15 is 0 Å². The first-order valence-corrected chi connectivity index (χ1v) is 7.61. The summed E-state index contributed by atoms with van der Waals surface area (Å²) < 4.78 is 6.19. The molecule has 0 aliphatic rings. The lowest BCUT2D eigenvalue weighted by molar-refractivity contribution is -0.138. The van der Waals surface area contributed by atoms with Gasteiger partial charge in [0.15, 0.2) is 5.13 Å². The molecule has 6 nitrogen and oxygen atoms in total. The highest BCUT2D eigenvalue weighted by molar-refractivity contribution is 7.22. The molecule has 0 bridgehead atoms. The first kappa shape index (κ1) is 16.2. The van der Waals surface area contributed by atoms with Gasteiger partial charge >= 0.3 is 12.1 Å². The zero-order valence-electron chi connectivity index (χ0n) is 12.9. The molecule has 0 fully saturated rings. The molecule has 1 unspecified atom stereocenters. The number of aromatic nitrogens is 1. The smallest absolute Gasteiger partial charge is 0.417 e. The lowest BCUT2D eigenvalue weighted by Gasteiger charge is -2.27. The van der Waals surface area contributed by atoms with Crippen molar-refractivity contribution in [2.75, 3.05) is 4.90 Å². The fourth-order valence-electron chi connectivity index (χ4n) is 1.79. The number of nitrogens with zero attached hydrogens (tertiary/aromatic N) is 2. The van der Waals surface area contributed by atoms with Gasteiger partial charge in [0, 0.05) is 0 Å². The van der Waals surface area contributed by atoms with Crippen molar-refractivity contribution in [3.63, 3.8) is 0 Å². The predicted octanol–water partition coefficient (Wildman–Crippen LogP) is 3.51. The third kappa shape index (κ3) is 3.54. The van der Waals surface area contributed by atoms with Crippen LogP contribution in [0.2, 0.25) is 0 Å². The molecule has 0 saturated heterocycles. The van der Waals surface area contributed by atoms with E-state index in [2.05, 4.69) is 4.98 Å². The number of rotatable bonds is 3. The second-order valence-electron chi connectivity index (χ2n) is 5.83. The number of carboxylic acids is 1. The fourth-order valence-corrected chi connectivity index (χ4v) is 2.82. The maximum Gasteiger partial charge on any atom is 0.417 e. The van der Waals surface area contributed by atoms with Crippen molar-refractivity contribution in [2.24, 2.45) is 0 Å². The minimum absolute atomic E-state index is 0.311. The van der Waals surface area contributed by atoms with Gasteiger partial charge < -0.3 is 9.84 Å². The Bertz CT molecular complexity index is 672. The van der Waals surface area contributed by atoms with E-state index in [1.165, 1.54) is 18.3 Å². The largest absolute Gasteiger partial charge is 0.480 e. The molecule has 1 aromatic carbocycles. The number of carbonyl (C=O) groups is 2. The number of hydrogen-bond donors (Lipinski definition) is 1. The molecule has 1 N–H and O–H groups in total. The summed E-state index contributed by atoms with van der Waals surface area (Å²) in [7, 11) is 0. The summed E-state index contributed by atoms with van der Waals surface area (Å²) in [6, 6.07) is 6.31. The average Bonchev–Trinajstić information content (AvgIpc) is 2.79. The number of benzene rings is 1. The van der Waals surface area contributed by atoms with Crippen molar-refractivity contribution in [1.29, 1.82) is 0 Å². The topological polar surface area (TPSA) is 79.7 Å². The number of amides is 1. The summed E-state index contributed by atoms with van der Waals surface area (Å²) in [6.45, 7) is 6.62. The Hall–Kier alpha value is -2.15. The Kier molecular flexibility index (Phi) is 4.37. The Morgan fingerprint density at radius 2 is 1.95 bits per heavy atom. The standard InChI is InChI=1S/C15H18N2O4S/c1-9(12(18)19)17(14(20)21-15(2,3)4)13-16-10-7-5-6-8-11(10)22-13/h5-9H,1-4H3,(H,18,19). The number of ether oxygens (including phenoxy) is 1. The third-order valence-electron chi connectivity index (χ3n) is 2.82. The Morgan fingerprint density at radius 3 is 2.50 bits per heavy atom. The summed E-state index contributed by atoms with van der Waals surface area (Å²) >= 11 is 1.26. The second kappa shape index (κ2) is 5.92. The van der Waals surface area contributed by atoms with Gasteiger partial charge in [-0.3, -0.25) is 0 Å². The number of hydrogen-bond acceptors (Lipinski definition) is 5. The molecule has 0 radical (unpaired) electrons. The summed E-state index contributed by atoms with van der Waals surface area (Å²) in [4.78, 5) is 29.1. The van der Waals surface area contributed by atoms with E-state index in [-0.39, 0.29) is 0 Å². The average molecular weight is 322 g/mol. The van der Waals surface area contributed by atoms with Crippen LogP contribution in [0.3, 0.4) is 0 Å². The number of para-hydroxylation sites is 1. The zero-order chi connectivity index (χ0) is 16.5. The van der Waals surface area contributed by atoms with Crippen LogP contribution in [0.4, 0.5) is 9.93 Å². The molecule has 1 atom stereocenters. The summed E-state index contributed by atoms with van der Waals surface area (Å²) in [5.41, 5.74) is -0.00168. The van der Waals surface area contributed by atoms with Crippen LogP contribution < -0.4 is 4.90 Å². The molecule has 2 aromatic rings. The molecule has 0 saturated carbocycles. The van der Waals surface area contributed by atoms with E-state index in [4.69, 9.17) is 4.74 Å². The maximum atomic E-state index is 12.4. The van der Waals surface area contributed by atoms with Crippen molar-refractivity contribution >= 4 is 38.7 Å². The van der Waals surface area contributed by atoms with Gasteiger partial charge in [-0.05, 0) is 39.8 Å². The van der Waals surface area contributed by atoms with Crippen molar-refractivity contribution in [3.8, 4) is 0 Å². The van der Waals surface area contributed by atoms with E-state index < -0.39 is 23.7 Å². The molecule has 0 aliphatic carbocycles. The number of carboxylic acid groups (broad SMARTS) is 1. The summed E-state index contributed by atoms with van der Waals surface area (Å²) in [5.74, 6) is -1.12. The Balaban J connectivity index is 2.43. The van der Waals surface area contributed by atoms with Crippen molar-refractivity contribution in [1.82, 2.24) is 4.98 Å². The molecule has 0 spiro atoms. The molecule has 2 rings (SSSR count). The molecule has 118 valence electrons. The number of carbonyl (C=O) groups excluding carboxylic acids is 1. The highest BCUT2D eigenvalue weighted by Gasteiger charge is 2.33. The molecular weight excluding hydrogens is 304 g/mol. The summed E-state index contributed by atoms with van der Waals surface area (Å²) in [6.07, 6.45) is -0.721. The van der Waals surface area contributed by atoms with Crippen LogP contribution in [-0.4, -0.2) is 33.8 Å². The van der Waals surface area contributed by atoms with Crippen molar-refractivity contribution in [3.05, 3.63) is 24.3 Å². The van der Waals surface area contributed by atoms with Gasteiger partial charge in [-0.2, -0.15) is 0 Å². The quantitative estimate of drug-likeness (QED) is 0.935. The van der Waals surface area contributed by atoms with Gasteiger partial charge in [-0.1, -0.05) is 23.5 Å². The van der Waals surface area contributed by atoms with Crippen LogP contribution in [0.1, 0.15) is 27.7 Å². The first-order valence-electron chi connectivity index (χ1n) is 6.79. The van der Waals surface area contributed by atoms with E-state index in [0.717, 1.165) is 9.60 Å². The molecular formula is C15H18N2O4S. The van der Waals surface area contributed by atoms with Crippen molar-refractivity contribution < 1.29 is 19.4 Å². The van der Waals surface area contributed by atoms with Gasteiger partial charge in [0.1, 0.15) is 11.6 Å². The van der Waals surface area contributed by atoms with Crippen LogP contribution in [-0.2, 0) is 9.53 Å². The third-order valence-corrected chi connectivity index (χ3v) is 3.86. The number of anilines is 1. The van der Waals surface area contributed by atoms with E-state index in [1.807, 2.05) is 24.3 Å². The van der Waals surface area contributed by atoms with Crippen LogP contribution >= 0.6 is 11.3 Å².